The topological polar surface area (TPSA) is 115 Å². The number of carbonyl (C=O) groups excluding carboxylic acids is 1. The van der Waals surface area contributed by atoms with E-state index in [0.29, 0.717) is 42.3 Å². The Hall–Kier alpha value is -3.33. The van der Waals surface area contributed by atoms with Gasteiger partial charge in [0.05, 0.1) is 37.7 Å². The van der Waals surface area contributed by atoms with Crippen molar-refractivity contribution in [3.05, 3.63) is 59.8 Å². The summed E-state index contributed by atoms with van der Waals surface area (Å²) in [5, 5.41) is 0. The fourth-order valence-electron chi connectivity index (χ4n) is 4.93. The lowest BCUT2D eigenvalue weighted by Crippen LogP contribution is -2.43. The third-order valence-corrected chi connectivity index (χ3v) is 8.51. The van der Waals surface area contributed by atoms with Crippen molar-refractivity contribution in [2.24, 2.45) is 0 Å². The Morgan fingerprint density at radius 2 is 2.12 bits per heavy atom. The van der Waals surface area contributed by atoms with Crippen LogP contribution in [0.1, 0.15) is 34.9 Å². The number of nitrogens with one attached hydrogen (secondary N) is 1. The molecule has 0 aliphatic carbocycles. The average molecular weight is 580 g/mol. The number of fused-ring (bicyclic) bond motifs is 1. The van der Waals surface area contributed by atoms with E-state index in [1.807, 2.05) is 4.72 Å². The fraction of sp³-hybridized carbons (Fsp3) is 0.462. The number of nitrogens with zero attached hydrogens (tertiary/aromatic N) is 4. The van der Waals surface area contributed by atoms with Crippen LogP contribution in [0, 0.1) is 5.82 Å². The molecule has 0 bridgehead atoms. The van der Waals surface area contributed by atoms with E-state index < -0.39 is 34.1 Å². The second-order valence-electron chi connectivity index (χ2n) is 9.80. The highest BCUT2D eigenvalue weighted by Crippen LogP contribution is 2.42. The van der Waals surface area contributed by atoms with E-state index in [1.54, 1.807) is 29.3 Å². The summed E-state index contributed by atoms with van der Waals surface area (Å²) < 4.78 is 75.3. The molecule has 1 N–H and O–H groups in total. The third kappa shape index (κ3) is 5.89. The predicted octanol–water partition coefficient (Wildman–Crippen LogP) is 2.48. The molecule has 1 aromatic carbocycles. The number of hydrogen-bond donors (Lipinski definition) is 1. The van der Waals surface area contributed by atoms with Crippen LogP contribution < -0.4 is 14.4 Å². The van der Waals surface area contributed by atoms with E-state index in [2.05, 4.69) is 4.98 Å². The Morgan fingerprint density at radius 3 is 2.88 bits per heavy atom. The number of alkyl halides is 1. The lowest BCUT2D eigenvalue weighted by atomic mass is 10.0. The molecule has 2 aliphatic heterocycles. The number of likely N-dealkylation sites (N-methyl/N-ethyl adjacent to an activating group) is 1. The lowest BCUT2D eigenvalue weighted by Gasteiger charge is -2.29. The van der Waals surface area contributed by atoms with Gasteiger partial charge in [-0.05, 0) is 30.3 Å². The van der Waals surface area contributed by atoms with Crippen molar-refractivity contribution in [3.8, 4) is 5.75 Å². The molecule has 11 nitrogen and oxygen atoms in total. The monoisotopic (exact) mass is 579 g/mol. The zero-order valence-corrected chi connectivity index (χ0v) is 22.9. The molecule has 2 fully saturated rings. The minimum Gasteiger partial charge on any atom is -0.488 e. The molecule has 3 aromatic rings. The van der Waals surface area contributed by atoms with Gasteiger partial charge in [0.15, 0.2) is 0 Å². The average Bonchev–Trinajstić information content (AvgIpc) is 3.67. The largest absolute Gasteiger partial charge is 0.488 e. The van der Waals surface area contributed by atoms with Crippen molar-refractivity contribution >= 4 is 27.5 Å². The molecule has 14 heteroatoms. The van der Waals surface area contributed by atoms with Crippen LogP contribution in [0.15, 0.2) is 42.7 Å². The van der Waals surface area contributed by atoms with Crippen LogP contribution in [0.5, 0.6) is 5.75 Å². The predicted molar refractivity (Wildman–Crippen MR) is 142 cm³/mol. The molecular weight excluding hydrogens is 548 g/mol. The first kappa shape index (κ1) is 28.2. The van der Waals surface area contributed by atoms with Crippen LogP contribution in [0.4, 0.5) is 14.5 Å². The molecule has 2 aliphatic rings. The number of anilines is 1. The summed E-state index contributed by atoms with van der Waals surface area (Å²) in [5.41, 5.74) is 1.43. The second-order valence-corrected chi connectivity index (χ2v) is 11.6. The number of rotatable bonds is 10. The van der Waals surface area contributed by atoms with Crippen molar-refractivity contribution in [2.75, 3.05) is 52.0 Å². The highest BCUT2D eigenvalue weighted by Gasteiger charge is 2.36. The van der Waals surface area contributed by atoms with E-state index in [-0.39, 0.29) is 37.9 Å². The summed E-state index contributed by atoms with van der Waals surface area (Å²) in [6.45, 7) is 1.25. The molecule has 3 unspecified atom stereocenters. The minimum absolute atomic E-state index is 0.0240. The van der Waals surface area contributed by atoms with Gasteiger partial charge in [0, 0.05) is 51.8 Å². The minimum atomic E-state index is -4.13. The highest BCUT2D eigenvalue weighted by molar-refractivity contribution is 7.87. The maximum Gasteiger partial charge on any atom is 0.303 e. The van der Waals surface area contributed by atoms with Gasteiger partial charge >= 0.3 is 10.2 Å². The Kier molecular flexibility index (Phi) is 8.21. The van der Waals surface area contributed by atoms with Crippen LogP contribution in [0.3, 0.4) is 0 Å². The number of ether oxygens (including phenoxy) is 3. The Bertz CT molecular complexity index is 1480. The first-order chi connectivity index (χ1) is 19.2. The smallest absolute Gasteiger partial charge is 0.303 e. The van der Waals surface area contributed by atoms with E-state index >= 15 is 0 Å². The molecule has 0 radical (unpaired) electrons. The normalized spacial score (nSPS) is 21.4. The Labute approximate surface area is 230 Å². The zero-order chi connectivity index (χ0) is 28.4. The first-order valence-electron chi connectivity index (χ1n) is 12.9. The summed E-state index contributed by atoms with van der Waals surface area (Å²) in [6.07, 6.45) is 2.31. The lowest BCUT2D eigenvalue weighted by molar-refractivity contribution is 0.0973. The number of pyridine rings is 1. The van der Waals surface area contributed by atoms with Crippen molar-refractivity contribution in [1.82, 2.24) is 18.4 Å². The van der Waals surface area contributed by atoms with E-state index in [9.17, 15) is 22.0 Å². The van der Waals surface area contributed by atoms with Gasteiger partial charge in [0.1, 0.15) is 35.2 Å². The number of hydrogen-bond acceptors (Lipinski definition) is 8. The van der Waals surface area contributed by atoms with Gasteiger partial charge in [0.25, 0.3) is 5.91 Å². The molecular formula is C26H31F2N5O6S. The van der Waals surface area contributed by atoms with Crippen molar-refractivity contribution in [3.63, 3.8) is 0 Å². The van der Waals surface area contributed by atoms with Crippen LogP contribution in [-0.4, -0.2) is 87.4 Å². The first-order valence-corrected chi connectivity index (χ1v) is 14.3. The molecule has 40 heavy (non-hydrogen) atoms. The number of carbonyl (C=O) groups is 1. The van der Waals surface area contributed by atoms with Gasteiger partial charge in [-0.3, -0.25) is 9.20 Å². The van der Waals surface area contributed by atoms with Gasteiger partial charge in [-0.25, -0.2) is 18.5 Å². The molecule has 0 spiro atoms. The number of halogens is 2. The van der Waals surface area contributed by atoms with Crippen molar-refractivity contribution in [2.45, 2.75) is 31.2 Å². The van der Waals surface area contributed by atoms with Crippen LogP contribution in [0.2, 0.25) is 0 Å². The van der Waals surface area contributed by atoms with Gasteiger partial charge in [0.2, 0.25) is 0 Å². The zero-order valence-electron chi connectivity index (χ0n) is 22.1. The quantitative estimate of drug-likeness (QED) is 0.390. The summed E-state index contributed by atoms with van der Waals surface area (Å²) >= 11 is 0. The summed E-state index contributed by atoms with van der Waals surface area (Å²) in [4.78, 5) is 19.0. The Morgan fingerprint density at radius 1 is 1.30 bits per heavy atom. The van der Waals surface area contributed by atoms with E-state index in [1.165, 1.54) is 36.9 Å². The molecule has 3 atom stereocenters. The molecule has 2 aromatic heterocycles. The summed E-state index contributed by atoms with van der Waals surface area (Å²) in [5.74, 6) is -0.879. The van der Waals surface area contributed by atoms with E-state index in [4.69, 9.17) is 14.2 Å². The maximum atomic E-state index is 14.9. The van der Waals surface area contributed by atoms with E-state index in [0.717, 1.165) is 4.31 Å². The molecule has 216 valence electrons. The second kappa shape index (κ2) is 11.6. The van der Waals surface area contributed by atoms with Crippen molar-refractivity contribution < 1.29 is 36.2 Å². The number of methoxy groups -OCH3 is 1. The summed E-state index contributed by atoms with van der Waals surface area (Å²) in [6, 6.07) is 7.06. The number of imidazole rings is 1. The van der Waals surface area contributed by atoms with Gasteiger partial charge in [-0.15, -0.1) is 0 Å². The van der Waals surface area contributed by atoms with Gasteiger partial charge in [-0.2, -0.15) is 12.7 Å². The Balaban J connectivity index is 1.44. The molecule has 1 amide bonds. The number of aromatic nitrogens is 2. The van der Waals surface area contributed by atoms with Crippen LogP contribution >= 0.6 is 0 Å². The molecule has 5 rings (SSSR count). The fourth-order valence-corrected chi connectivity index (χ4v) is 5.74. The maximum absolute atomic E-state index is 14.9. The number of benzene rings is 1. The van der Waals surface area contributed by atoms with Crippen LogP contribution in [-0.2, 0) is 19.7 Å². The summed E-state index contributed by atoms with van der Waals surface area (Å²) in [7, 11) is -1.36. The SMILES string of the molecule is COCCN(C)S(=O)(=O)NC(=O)c1cnc2ccc(N3CC(F)CC3c3cc(F)ccc3OC3CCOC3)cn12. The van der Waals surface area contributed by atoms with Crippen LogP contribution in [0.25, 0.3) is 5.65 Å². The highest BCUT2D eigenvalue weighted by atomic mass is 32.2. The standard InChI is InChI=1S/C26H31F2N5O6S/c1-31(8-10-37-2)40(35,36)30-26(34)23-13-29-25-6-4-19(15-33(23)25)32-14-18(28)12-22(32)21-11-17(27)3-5-24(21)39-20-7-9-38-16-20/h3-6,11,13,15,18,20,22H,7-10,12,14,16H2,1-2H3,(H,30,34). The molecule has 4 heterocycles. The third-order valence-electron chi connectivity index (χ3n) is 7.06. The molecule has 0 saturated carbocycles. The van der Waals surface area contributed by atoms with Gasteiger partial charge in [-0.1, -0.05) is 0 Å². The van der Waals surface area contributed by atoms with Gasteiger partial charge < -0.3 is 19.1 Å². The molecule has 2 saturated heterocycles. The van der Waals surface area contributed by atoms with Crippen molar-refractivity contribution in [1.29, 1.82) is 0 Å². The number of amides is 1.